The standard InChI is InChI=1S/C16H21N3O2/c1-20-11-15-14-5-3-4-10-17-16(14)19(18-15)12-6-8-13(21-2)9-7-12/h6-9,17H,3-5,10-11H2,1-2H3. The van der Waals surface area contributed by atoms with Gasteiger partial charge in [-0.2, -0.15) is 5.10 Å². The monoisotopic (exact) mass is 287 g/mol. The summed E-state index contributed by atoms with van der Waals surface area (Å²) in [7, 11) is 3.39. The number of rotatable bonds is 4. The van der Waals surface area contributed by atoms with Gasteiger partial charge in [0.15, 0.2) is 0 Å². The summed E-state index contributed by atoms with van der Waals surface area (Å²) in [6.07, 6.45) is 3.42. The van der Waals surface area contributed by atoms with Gasteiger partial charge in [0.25, 0.3) is 0 Å². The minimum atomic E-state index is 0.549. The number of hydrogen-bond donors (Lipinski definition) is 1. The number of aromatic nitrogens is 2. The molecule has 3 rings (SSSR count). The smallest absolute Gasteiger partial charge is 0.133 e. The van der Waals surface area contributed by atoms with Gasteiger partial charge in [-0.1, -0.05) is 0 Å². The second-order valence-corrected chi connectivity index (χ2v) is 5.20. The van der Waals surface area contributed by atoms with Gasteiger partial charge in [0.2, 0.25) is 0 Å². The van der Waals surface area contributed by atoms with E-state index in [2.05, 4.69) is 5.32 Å². The van der Waals surface area contributed by atoms with E-state index in [1.165, 1.54) is 18.4 Å². The molecule has 1 aliphatic heterocycles. The minimum Gasteiger partial charge on any atom is -0.497 e. The molecule has 0 amide bonds. The van der Waals surface area contributed by atoms with Crippen LogP contribution in [0.4, 0.5) is 5.82 Å². The summed E-state index contributed by atoms with van der Waals surface area (Å²) in [5.74, 6) is 1.95. The van der Waals surface area contributed by atoms with Crippen LogP contribution in [0.5, 0.6) is 5.75 Å². The van der Waals surface area contributed by atoms with Crippen LogP contribution in [0.1, 0.15) is 24.1 Å². The highest BCUT2D eigenvalue weighted by Crippen LogP contribution is 2.29. The van der Waals surface area contributed by atoms with Crippen LogP contribution in [0, 0.1) is 0 Å². The van der Waals surface area contributed by atoms with Crippen molar-refractivity contribution in [1.29, 1.82) is 0 Å². The van der Waals surface area contributed by atoms with Gasteiger partial charge >= 0.3 is 0 Å². The lowest BCUT2D eigenvalue weighted by Crippen LogP contribution is -2.07. The van der Waals surface area contributed by atoms with E-state index in [0.29, 0.717) is 6.61 Å². The Balaban J connectivity index is 2.04. The van der Waals surface area contributed by atoms with E-state index in [-0.39, 0.29) is 0 Å². The molecule has 0 spiro atoms. The van der Waals surface area contributed by atoms with E-state index in [0.717, 1.165) is 35.9 Å². The Morgan fingerprint density at radius 3 is 2.71 bits per heavy atom. The van der Waals surface area contributed by atoms with Crippen LogP contribution in [0.2, 0.25) is 0 Å². The average molecular weight is 287 g/mol. The molecule has 21 heavy (non-hydrogen) atoms. The molecule has 1 N–H and O–H groups in total. The third-order valence-corrected chi connectivity index (χ3v) is 3.81. The SMILES string of the molecule is COCc1nn(-c2ccc(OC)cc2)c2c1CCCCN2. The summed E-state index contributed by atoms with van der Waals surface area (Å²) in [4.78, 5) is 0. The maximum atomic E-state index is 5.30. The molecule has 0 atom stereocenters. The first kappa shape index (κ1) is 13.9. The number of ether oxygens (including phenoxy) is 2. The van der Waals surface area contributed by atoms with Crippen molar-refractivity contribution in [3.05, 3.63) is 35.5 Å². The second kappa shape index (κ2) is 6.18. The summed E-state index contributed by atoms with van der Waals surface area (Å²) in [5, 5.41) is 8.25. The number of nitrogens with one attached hydrogen (secondary N) is 1. The van der Waals surface area contributed by atoms with Crippen LogP contribution in [-0.2, 0) is 17.8 Å². The summed E-state index contributed by atoms with van der Waals surface area (Å²) < 4.78 is 12.5. The van der Waals surface area contributed by atoms with Crippen molar-refractivity contribution in [3.8, 4) is 11.4 Å². The zero-order chi connectivity index (χ0) is 14.7. The van der Waals surface area contributed by atoms with Crippen LogP contribution in [0.15, 0.2) is 24.3 Å². The molecular weight excluding hydrogens is 266 g/mol. The van der Waals surface area contributed by atoms with Crippen LogP contribution in [-0.4, -0.2) is 30.5 Å². The summed E-state index contributed by atoms with van der Waals surface area (Å²) in [6, 6.07) is 7.96. The van der Waals surface area contributed by atoms with Crippen LogP contribution < -0.4 is 10.1 Å². The van der Waals surface area contributed by atoms with Crippen molar-refractivity contribution >= 4 is 5.82 Å². The number of fused-ring (bicyclic) bond motifs is 1. The molecule has 1 aromatic heterocycles. The van der Waals surface area contributed by atoms with Gasteiger partial charge in [-0.05, 0) is 43.5 Å². The predicted molar refractivity (Wildman–Crippen MR) is 82.3 cm³/mol. The molecule has 5 nitrogen and oxygen atoms in total. The fourth-order valence-electron chi connectivity index (χ4n) is 2.74. The Bertz CT molecular complexity index is 605. The third-order valence-electron chi connectivity index (χ3n) is 3.81. The van der Waals surface area contributed by atoms with Crippen LogP contribution in [0.25, 0.3) is 5.69 Å². The first-order chi connectivity index (χ1) is 10.3. The molecule has 0 saturated heterocycles. The Hall–Kier alpha value is -2.01. The van der Waals surface area contributed by atoms with Gasteiger partial charge in [-0.15, -0.1) is 0 Å². The number of anilines is 1. The van der Waals surface area contributed by atoms with Gasteiger partial charge in [-0.3, -0.25) is 0 Å². The Kier molecular flexibility index (Phi) is 4.10. The van der Waals surface area contributed by atoms with Crippen molar-refractivity contribution in [2.45, 2.75) is 25.9 Å². The summed E-state index contributed by atoms with van der Waals surface area (Å²) in [5.41, 5.74) is 3.34. The Morgan fingerprint density at radius 2 is 2.00 bits per heavy atom. The maximum Gasteiger partial charge on any atom is 0.133 e. The first-order valence-electron chi connectivity index (χ1n) is 7.31. The predicted octanol–water partition coefficient (Wildman–Crippen LogP) is 2.78. The van der Waals surface area contributed by atoms with Gasteiger partial charge < -0.3 is 14.8 Å². The van der Waals surface area contributed by atoms with Crippen molar-refractivity contribution in [3.63, 3.8) is 0 Å². The van der Waals surface area contributed by atoms with Crippen molar-refractivity contribution in [2.24, 2.45) is 0 Å². The van der Waals surface area contributed by atoms with Gasteiger partial charge in [0.1, 0.15) is 11.6 Å². The van der Waals surface area contributed by atoms with Gasteiger partial charge in [-0.25, -0.2) is 4.68 Å². The molecule has 2 aromatic rings. The first-order valence-corrected chi connectivity index (χ1v) is 7.31. The Morgan fingerprint density at radius 1 is 1.19 bits per heavy atom. The Labute approximate surface area is 124 Å². The van der Waals surface area contributed by atoms with E-state index in [1.807, 2.05) is 28.9 Å². The molecule has 2 heterocycles. The number of hydrogen-bond acceptors (Lipinski definition) is 4. The topological polar surface area (TPSA) is 48.3 Å². The lowest BCUT2D eigenvalue weighted by atomic mass is 10.1. The van der Waals surface area contributed by atoms with E-state index in [1.54, 1.807) is 14.2 Å². The largest absolute Gasteiger partial charge is 0.497 e. The van der Waals surface area contributed by atoms with Gasteiger partial charge in [0, 0.05) is 19.2 Å². The fourth-order valence-corrected chi connectivity index (χ4v) is 2.74. The fraction of sp³-hybridized carbons (Fsp3) is 0.438. The van der Waals surface area contributed by atoms with E-state index in [9.17, 15) is 0 Å². The van der Waals surface area contributed by atoms with E-state index >= 15 is 0 Å². The normalized spacial score (nSPS) is 14.2. The molecule has 1 aliphatic rings. The zero-order valence-corrected chi connectivity index (χ0v) is 12.6. The lowest BCUT2D eigenvalue weighted by Gasteiger charge is -2.09. The molecule has 0 fully saturated rings. The third kappa shape index (κ3) is 2.74. The number of methoxy groups -OCH3 is 2. The summed E-state index contributed by atoms with van der Waals surface area (Å²) in [6.45, 7) is 1.54. The van der Waals surface area contributed by atoms with Crippen molar-refractivity contribution in [1.82, 2.24) is 9.78 Å². The molecular formula is C16H21N3O2. The minimum absolute atomic E-state index is 0.549. The van der Waals surface area contributed by atoms with Crippen LogP contribution >= 0.6 is 0 Å². The van der Waals surface area contributed by atoms with Gasteiger partial charge in [0.05, 0.1) is 25.1 Å². The second-order valence-electron chi connectivity index (χ2n) is 5.20. The quantitative estimate of drug-likeness (QED) is 0.939. The van der Waals surface area contributed by atoms with Crippen molar-refractivity contribution in [2.75, 3.05) is 26.1 Å². The highest BCUT2D eigenvalue weighted by atomic mass is 16.5. The summed E-state index contributed by atoms with van der Waals surface area (Å²) >= 11 is 0. The van der Waals surface area contributed by atoms with Crippen LogP contribution in [0.3, 0.4) is 0 Å². The molecule has 0 unspecified atom stereocenters. The zero-order valence-electron chi connectivity index (χ0n) is 12.6. The number of benzene rings is 1. The average Bonchev–Trinajstić information content (AvgIpc) is 2.71. The molecule has 0 radical (unpaired) electrons. The van der Waals surface area contributed by atoms with E-state index < -0.39 is 0 Å². The molecule has 0 bridgehead atoms. The van der Waals surface area contributed by atoms with E-state index in [4.69, 9.17) is 14.6 Å². The molecule has 0 saturated carbocycles. The highest BCUT2D eigenvalue weighted by Gasteiger charge is 2.20. The van der Waals surface area contributed by atoms with Crippen molar-refractivity contribution < 1.29 is 9.47 Å². The molecule has 0 aliphatic carbocycles. The number of nitrogens with zero attached hydrogens (tertiary/aromatic N) is 2. The highest BCUT2D eigenvalue weighted by molar-refractivity contribution is 5.54. The molecule has 1 aromatic carbocycles. The lowest BCUT2D eigenvalue weighted by molar-refractivity contribution is 0.180. The molecule has 5 heteroatoms. The molecule has 112 valence electrons. The maximum absolute atomic E-state index is 5.30.